The van der Waals surface area contributed by atoms with Gasteiger partial charge >= 0.3 is 5.97 Å². The summed E-state index contributed by atoms with van der Waals surface area (Å²) in [6, 6.07) is 3.55. The van der Waals surface area contributed by atoms with Crippen molar-refractivity contribution in [3.8, 4) is 0 Å². The lowest BCUT2D eigenvalue weighted by atomic mass is 10.0. The van der Waals surface area contributed by atoms with Crippen LogP contribution in [0.3, 0.4) is 0 Å². The van der Waals surface area contributed by atoms with Crippen molar-refractivity contribution >= 4 is 16.9 Å². The fraction of sp³-hybridized carbons (Fsp3) is 0.400. The van der Waals surface area contributed by atoms with Gasteiger partial charge in [-0.2, -0.15) is 0 Å². The van der Waals surface area contributed by atoms with Gasteiger partial charge in [-0.25, -0.2) is 4.79 Å². The van der Waals surface area contributed by atoms with E-state index in [1.807, 2.05) is 6.92 Å². The van der Waals surface area contributed by atoms with Gasteiger partial charge in [0, 0.05) is 17.6 Å². The number of benzene rings is 1. The number of carboxylic acid groups (broad SMARTS) is 1. The molecule has 18 heavy (non-hydrogen) atoms. The minimum Gasteiger partial charge on any atom is -0.478 e. The number of fused-ring (bicyclic) bond motifs is 1. The Labute approximate surface area is 107 Å². The summed E-state index contributed by atoms with van der Waals surface area (Å²) in [5, 5.41) is 10.2. The Morgan fingerprint density at radius 1 is 1.28 bits per heavy atom. The molecule has 1 heterocycles. The molecule has 3 nitrogen and oxygen atoms in total. The minimum atomic E-state index is -0.861. The first-order chi connectivity index (χ1) is 8.47. The summed E-state index contributed by atoms with van der Waals surface area (Å²) in [5.41, 5.74) is 5.00. The largest absolute Gasteiger partial charge is 0.478 e. The molecule has 0 amide bonds. The van der Waals surface area contributed by atoms with Gasteiger partial charge in [0.1, 0.15) is 0 Å². The molecule has 1 N–H and O–H groups in total. The Bertz CT molecular complexity index is 623. The van der Waals surface area contributed by atoms with E-state index in [2.05, 4.69) is 25.3 Å². The molecular formula is C15H19NO2. The number of aromatic nitrogens is 1. The Morgan fingerprint density at radius 2 is 1.94 bits per heavy atom. The van der Waals surface area contributed by atoms with Crippen LogP contribution in [0.25, 0.3) is 10.9 Å². The number of aryl methyl sites for hydroxylation is 3. The molecule has 0 unspecified atom stereocenters. The number of rotatable bonds is 3. The van der Waals surface area contributed by atoms with Crippen LogP contribution in [0.15, 0.2) is 12.1 Å². The third-order valence-corrected chi connectivity index (χ3v) is 3.62. The van der Waals surface area contributed by atoms with Crippen LogP contribution in [0, 0.1) is 20.8 Å². The van der Waals surface area contributed by atoms with Gasteiger partial charge in [-0.05, 0) is 50.5 Å². The van der Waals surface area contributed by atoms with E-state index in [-0.39, 0.29) is 0 Å². The Balaban J connectivity index is 2.83. The summed E-state index contributed by atoms with van der Waals surface area (Å²) in [7, 11) is 0. The number of carboxylic acids is 1. The standard InChI is InChI=1S/C15H19NO2/c1-5-6-16-11(4)10(3)13-8-12(15(17)18)7-9(2)14(13)16/h7-8H,5-6H2,1-4H3,(H,17,18). The third kappa shape index (κ3) is 1.80. The summed E-state index contributed by atoms with van der Waals surface area (Å²) in [6.07, 6.45) is 1.07. The highest BCUT2D eigenvalue weighted by Gasteiger charge is 2.15. The molecular weight excluding hydrogens is 226 g/mol. The van der Waals surface area contributed by atoms with E-state index < -0.39 is 5.97 Å². The van der Waals surface area contributed by atoms with Crippen LogP contribution in [0.5, 0.6) is 0 Å². The van der Waals surface area contributed by atoms with E-state index in [0.29, 0.717) is 5.56 Å². The predicted octanol–water partition coefficient (Wildman–Crippen LogP) is 3.67. The van der Waals surface area contributed by atoms with E-state index >= 15 is 0 Å². The predicted molar refractivity (Wildman–Crippen MR) is 73.4 cm³/mol. The quantitative estimate of drug-likeness (QED) is 0.896. The highest BCUT2D eigenvalue weighted by molar-refractivity contribution is 5.97. The highest BCUT2D eigenvalue weighted by atomic mass is 16.4. The monoisotopic (exact) mass is 245 g/mol. The Morgan fingerprint density at radius 3 is 2.50 bits per heavy atom. The van der Waals surface area contributed by atoms with Crippen LogP contribution in [-0.2, 0) is 6.54 Å². The average Bonchev–Trinajstić information content (AvgIpc) is 2.55. The first kappa shape index (κ1) is 12.7. The maximum absolute atomic E-state index is 11.1. The summed E-state index contributed by atoms with van der Waals surface area (Å²) in [4.78, 5) is 11.1. The zero-order chi connectivity index (χ0) is 13.4. The molecule has 1 aromatic carbocycles. The molecule has 1 aromatic heterocycles. The Hall–Kier alpha value is -1.77. The van der Waals surface area contributed by atoms with Crippen molar-refractivity contribution in [2.45, 2.75) is 40.7 Å². The van der Waals surface area contributed by atoms with Crippen LogP contribution in [0.2, 0.25) is 0 Å². The van der Waals surface area contributed by atoms with Crippen molar-refractivity contribution in [1.82, 2.24) is 4.57 Å². The topological polar surface area (TPSA) is 42.2 Å². The summed E-state index contributed by atoms with van der Waals surface area (Å²) in [6.45, 7) is 9.28. The molecule has 2 aromatic rings. The summed E-state index contributed by atoms with van der Waals surface area (Å²) < 4.78 is 2.30. The lowest BCUT2D eigenvalue weighted by molar-refractivity contribution is 0.0697. The molecule has 0 spiro atoms. The molecule has 2 rings (SSSR count). The molecule has 0 atom stereocenters. The van der Waals surface area contributed by atoms with Crippen molar-refractivity contribution in [2.75, 3.05) is 0 Å². The van der Waals surface area contributed by atoms with Gasteiger partial charge in [-0.15, -0.1) is 0 Å². The molecule has 0 aliphatic carbocycles. The van der Waals surface area contributed by atoms with Gasteiger partial charge in [0.05, 0.1) is 11.1 Å². The van der Waals surface area contributed by atoms with Gasteiger partial charge < -0.3 is 9.67 Å². The number of nitrogens with zero attached hydrogens (tertiary/aromatic N) is 1. The number of carbonyl (C=O) groups is 1. The maximum atomic E-state index is 11.1. The number of aromatic carboxylic acids is 1. The second-order valence-electron chi connectivity index (χ2n) is 4.86. The zero-order valence-corrected chi connectivity index (χ0v) is 11.4. The van der Waals surface area contributed by atoms with Crippen LogP contribution >= 0.6 is 0 Å². The lowest BCUT2D eigenvalue weighted by Crippen LogP contribution is -2.01. The minimum absolute atomic E-state index is 0.372. The molecule has 96 valence electrons. The van der Waals surface area contributed by atoms with Crippen molar-refractivity contribution < 1.29 is 9.90 Å². The third-order valence-electron chi connectivity index (χ3n) is 3.62. The van der Waals surface area contributed by atoms with E-state index in [9.17, 15) is 4.79 Å². The van der Waals surface area contributed by atoms with Gasteiger partial charge in [-0.3, -0.25) is 0 Å². The van der Waals surface area contributed by atoms with Gasteiger partial charge in [-0.1, -0.05) is 6.92 Å². The summed E-state index contributed by atoms with van der Waals surface area (Å²) >= 11 is 0. The van der Waals surface area contributed by atoms with Gasteiger partial charge in [0.2, 0.25) is 0 Å². The van der Waals surface area contributed by atoms with E-state index in [0.717, 1.165) is 23.9 Å². The Kier molecular flexibility index (Phi) is 3.16. The van der Waals surface area contributed by atoms with Gasteiger partial charge in [0.25, 0.3) is 0 Å². The summed E-state index contributed by atoms with van der Waals surface area (Å²) in [5.74, 6) is -0.861. The van der Waals surface area contributed by atoms with Crippen LogP contribution in [-0.4, -0.2) is 15.6 Å². The second-order valence-corrected chi connectivity index (χ2v) is 4.86. The second kappa shape index (κ2) is 4.48. The van der Waals surface area contributed by atoms with Crippen LogP contribution < -0.4 is 0 Å². The van der Waals surface area contributed by atoms with E-state index in [4.69, 9.17) is 5.11 Å². The van der Waals surface area contributed by atoms with E-state index in [1.165, 1.54) is 16.8 Å². The molecule has 0 aliphatic rings. The zero-order valence-electron chi connectivity index (χ0n) is 11.4. The van der Waals surface area contributed by atoms with E-state index in [1.54, 1.807) is 12.1 Å². The van der Waals surface area contributed by atoms with Crippen LogP contribution in [0.1, 0.15) is 40.5 Å². The maximum Gasteiger partial charge on any atom is 0.335 e. The first-order valence-electron chi connectivity index (χ1n) is 6.30. The van der Waals surface area contributed by atoms with Crippen LogP contribution in [0.4, 0.5) is 0 Å². The molecule has 0 aliphatic heterocycles. The average molecular weight is 245 g/mol. The highest BCUT2D eigenvalue weighted by Crippen LogP contribution is 2.29. The van der Waals surface area contributed by atoms with Gasteiger partial charge in [0.15, 0.2) is 0 Å². The first-order valence-corrected chi connectivity index (χ1v) is 6.30. The SMILES string of the molecule is CCCn1c(C)c(C)c2cc(C(=O)O)cc(C)c21. The smallest absolute Gasteiger partial charge is 0.335 e. The molecule has 0 radical (unpaired) electrons. The van der Waals surface area contributed by atoms with Crippen molar-refractivity contribution in [2.24, 2.45) is 0 Å². The molecule has 0 saturated carbocycles. The number of hydrogen-bond donors (Lipinski definition) is 1. The lowest BCUT2D eigenvalue weighted by Gasteiger charge is -2.09. The van der Waals surface area contributed by atoms with Crippen molar-refractivity contribution in [1.29, 1.82) is 0 Å². The van der Waals surface area contributed by atoms with Crippen molar-refractivity contribution in [3.63, 3.8) is 0 Å². The molecule has 0 bridgehead atoms. The van der Waals surface area contributed by atoms with Crippen molar-refractivity contribution in [3.05, 3.63) is 34.5 Å². The molecule has 3 heteroatoms. The molecule has 0 saturated heterocycles. The fourth-order valence-electron chi connectivity index (χ4n) is 2.62. The number of hydrogen-bond acceptors (Lipinski definition) is 1. The fourth-order valence-corrected chi connectivity index (χ4v) is 2.62. The normalized spacial score (nSPS) is 11.1. The molecule has 0 fully saturated rings.